The van der Waals surface area contributed by atoms with Gasteiger partial charge in [-0.15, -0.1) is 11.3 Å². The lowest BCUT2D eigenvalue weighted by Crippen LogP contribution is -2.45. The summed E-state index contributed by atoms with van der Waals surface area (Å²) >= 11 is 1.78. The number of piperazine rings is 1. The fraction of sp³-hybridized carbons (Fsp3) is 0.400. The molecule has 1 aromatic heterocycles. The fourth-order valence-electron chi connectivity index (χ4n) is 2.77. The molecular weight excluding hydrogens is 254 g/mol. The van der Waals surface area contributed by atoms with Crippen LogP contribution in [0.3, 0.4) is 0 Å². The Morgan fingerprint density at radius 1 is 1.32 bits per heavy atom. The van der Waals surface area contributed by atoms with Crippen LogP contribution in [0.25, 0.3) is 10.1 Å². The van der Waals surface area contributed by atoms with Crippen LogP contribution in [-0.4, -0.2) is 31.1 Å². The molecule has 1 saturated heterocycles. The molecule has 0 unspecified atom stereocenters. The second-order valence-electron chi connectivity index (χ2n) is 4.85. The Balaban J connectivity index is 1.97. The van der Waals surface area contributed by atoms with E-state index in [-0.39, 0.29) is 6.04 Å². The predicted octanol–water partition coefficient (Wildman–Crippen LogP) is 2.76. The molecule has 0 bridgehead atoms. The van der Waals surface area contributed by atoms with E-state index in [1.165, 1.54) is 15.6 Å². The van der Waals surface area contributed by atoms with Gasteiger partial charge in [-0.05, 0) is 22.4 Å². The van der Waals surface area contributed by atoms with Crippen LogP contribution >= 0.6 is 11.3 Å². The predicted molar refractivity (Wildman–Crippen MR) is 79.2 cm³/mol. The molecule has 0 amide bonds. The molecule has 1 N–H and O–H groups in total. The lowest BCUT2D eigenvalue weighted by molar-refractivity contribution is 0.177. The number of benzene rings is 1. The summed E-state index contributed by atoms with van der Waals surface area (Å²) in [7, 11) is 0. The highest BCUT2D eigenvalue weighted by molar-refractivity contribution is 7.17. The van der Waals surface area contributed by atoms with Gasteiger partial charge in [-0.2, -0.15) is 5.26 Å². The first kappa shape index (κ1) is 12.6. The monoisotopic (exact) mass is 271 g/mol. The zero-order valence-electron chi connectivity index (χ0n) is 10.8. The van der Waals surface area contributed by atoms with E-state index in [1.54, 1.807) is 11.3 Å². The summed E-state index contributed by atoms with van der Waals surface area (Å²) in [6.45, 7) is 4.08. The van der Waals surface area contributed by atoms with Crippen LogP contribution in [0.1, 0.15) is 18.0 Å². The number of nitrogens with one attached hydrogen (secondary N) is 1. The van der Waals surface area contributed by atoms with Crippen LogP contribution in [-0.2, 0) is 0 Å². The molecule has 3 nitrogen and oxygen atoms in total. The van der Waals surface area contributed by atoms with E-state index < -0.39 is 0 Å². The molecule has 98 valence electrons. The highest BCUT2D eigenvalue weighted by atomic mass is 32.1. The molecule has 3 rings (SSSR count). The van der Waals surface area contributed by atoms with Crippen LogP contribution in [0, 0.1) is 11.3 Å². The maximum Gasteiger partial charge on any atom is 0.0641 e. The van der Waals surface area contributed by atoms with Crippen molar-refractivity contribution in [1.82, 2.24) is 10.2 Å². The van der Waals surface area contributed by atoms with E-state index in [0.717, 1.165) is 26.2 Å². The molecule has 19 heavy (non-hydrogen) atoms. The van der Waals surface area contributed by atoms with Crippen molar-refractivity contribution in [3.8, 4) is 6.07 Å². The smallest absolute Gasteiger partial charge is 0.0641 e. The van der Waals surface area contributed by atoms with Gasteiger partial charge in [0.05, 0.1) is 12.5 Å². The first-order valence-electron chi connectivity index (χ1n) is 6.68. The highest BCUT2D eigenvalue weighted by Crippen LogP contribution is 2.34. The summed E-state index contributed by atoms with van der Waals surface area (Å²) in [4.78, 5) is 2.44. The van der Waals surface area contributed by atoms with Crippen LogP contribution < -0.4 is 5.32 Å². The van der Waals surface area contributed by atoms with E-state index in [4.69, 9.17) is 5.26 Å². The van der Waals surface area contributed by atoms with Crippen LogP contribution in [0.5, 0.6) is 0 Å². The first-order valence-corrected chi connectivity index (χ1v) is 7.56. The largest absolute Gasteiger partial charge is 0.314 e. The minimum Gasteiger partial charge on any atom is -0.314 e. The molecule has 4 heteroatoms. The van der Waals surface area contributed by atoms with Gasteiger partial charge in [0.15, 0.2) is 0 Å². The summed E-state index contributed by atoms with van der Waals surface area (Å²) in [5.41, 5.74) is 1.32. The number of hydrogen-bond donors (Lipinski definition) is 1. The molecule has 1 aromatic carbocycles. The van der Waals surface area contributed by atoms with Crippen LogP contribution in [0.15, 0.2) is 29.6 Å². The summed E-state index contributed by atoms with van der Waals surface area (Å²) in [5, 5.41) is 16.1. The Morgan fingerprint density at radius 2 is 2.11 bits per heavy atom. The van der Waals surface area contributed by atoms with Crippen molar-refractivity contribution in [1.29, 1.82) is 5.26 Å². The van der Waals surface area contributed by atoms with E-state index in [0.29, 0.717) is 6.42 Å². The van der Waals surface area contributed by atoms with Crippen molar-refractivity contribution in [3.63, 3.8) is 0 Å². The Kier molecular flexibility index (Phi) is 3.79. The molecule has 0 saturated carbocycles. The summed E-state index contributed by atoms with van der Waals surface area (Å²) in [6.07, 6.45) is 0.570. The van der Waals surface area contributed by atoms with E-state index in [2.05, 4.69) is 45.9 Å². The van der Waals surface area contributed by atoms with Gasteiger partial charge in [0, 0.05) is 36.9 Å². The van der Waals surface area contributed by atoms with Crippen molar-refractivity contribution < 1.29 is 0 Å². The number of hydrogen-bond acceptors (Lipinski definition) is 4. The second kappa shape index (κ2) is 5.70. The third-order valence-electron chi connectivity index (χ3n) is 3.75. The topological polar surface area (TPSA) is 39.1 Å². The van der Waals surface area contributed by atoms with Crippen molar-refractivity contribution in [3.05, 3.63) is 35.2 Å². The van der Waals surface area contributed by atoms with Crippen molar-refractivity contribution in [2.24, 2.45) is 0 Å². The Morgan fingerprint density at radius 3 is 2.89 bits per heavy atom. The van der Waals surface area contributed by atoms with Crippen molar-refractivity contribution in [2.45, 2.75) is 12.5 Å². The Labute approximate surface area is 117 Å². The maximum atomic E-state index is 9.15. The van der Waals surface area contributed by atoms with Crippen LogP contribution in [0.4, 0.5) is 0 Å². The first-order chi connectivity index (χ1) is 9.40. The van der Waals surface area contributed by atoms with Gasteiger partial charge in [0.25, 0.3) is 0 Å². The minimum absolute atomic E-state index is 0.239. The normalized spacial score (nSPS) is 18.3. The Bertz CT molecular complexity index is 593. The zero-order valence-corrected chi connectivity index (χ0v) is 11.6. The van der Waals surface area contributed by atoms with Crippen molar-refractivity contribution in [2.75, 3.05) is 26.2 Å². The molecular formula is C15H17N3S. The standard InChI is InChI=1S/C15H17N3S/c16-6-5-14(18-9-7-17-8-10-18)13-11-19-15-4-2-1-3-12(13)15/h1-4,11,14,17H,5,7-10H2/t14-/m1/s1. The second-order valence-corrected chi connectivity index (χ2v) is 5.76. The number of nitrogens with zero attached hydrogens (tertiary/aromatic N) is 2. The molecule has 0 spiro atoms. The zero-order chi connectivity index (χ0) is 13.1. The third kappa shape index (κ3) is 2.50. The van der Waals surface area contributed by atoms with Gasteiger partial charge >= 0.3 is 0 Å². The molecule has 1 fully saturated rings. The van der Waals surface area contributed by atoms with Gasteiger partial charge in [-0.25, -0.2) is 0 Å². The summed E-state index contributed by atoms with van der Waals surface area (Å²) in [5.74, 6) is 0. The van der Waals surface area contributed by atoms with Gasteiger partial charge in [-0.3, -0.25) is 4.90 Å². The van der Waals surface area contributed by atoms with E-state index in [1.807, 2.05) is 0 Å². The van der Waals surface area contributed by atoms with Gasteiger partial charge in [0.1, 0.15) is 0 Å². The minimum atomic E-state index is 0.239. The SMILES string of the molecule is N#CC[C@H](c1csc2ccccc12)N1CCNCC1. The maximum absolute atomic E-state index is 9.15. The number of thiophene rings is 1. The Hall–Kier alpha value is -1.41. The quantitative estimate of drug-likeness (QED) is 0.933. The van der Waals surface area contributed by atoms with Crippen molar-refractivity contribution >= 4 is 21.4 Å². The van der Waals surface area contributed by atoms with E-state index in [9.17, 15) is 0 Å². The number of fused-ring (bicyclic) bond motifs is 1. The fourth-order valence-corrected chi connectivity index (χ4v) is 3.78. The third-order valence-corrected chi connectivity index (χ3v) is 4.73. The average Bonchev–Trinajstić information content (AvgIpc) is 2.89. The van der Waals surface area contributed by atoms with Gasteiger partial charge in [-0.1, -0.05) is 18.2 Å². The lowest BCUT2D eigenvalue weighted by atomic mass is 10.0. The van der Waals surface area contributed by atoms with E-state index >= 15 is 0 Å². The molecule has 0 aliphatic carbocycles. The molecule has 1 atom stereocenters. The summed E-state index contributed by atoms with van der Waals surface area (Å²) < 4.78 is 1.32. The van der Waals surface area contributed by atoms with Gasteiger partial charge in [0.2, 0.25) is 0 Å². The molecule has 1 aliphatic heterocycles. The highest BCUT2D eigenvalue weighted by Gasteiger charge is 2.24. The summed E-state index contributed by atoms with van der Waals surface area (Å²) in [6, 6.07) is 11.1. The number of nitriles is 1. The average molecular weight is 271 g/mol. The van der Waals surface area contributed by atoms with Gasteiger partial charge < -0.3 is 5.32 Å². The lowest BCUT2D eigenvalue weighted by Gasteiger charge is -2.33. The molecule has 2 heterocycles. The number of rotatable bonds is 3. The van der Waals surface area contributed by atoms with Crippen LogP contribution in [0.2, 0.25) is 0 Å². The molecule has 1 aliphatic rings. The molecule has 2 aromatic rings. The molecule has 0 radical (unpaired) electrons.